The average Bonchev–Trinajstić information content (AvgIpc) is 3.15. The van der Waals surface area contributed by atoms with Gasteiger partial charge in [0.2, 0.25) is 0 Å². The molecule has 0 spiro atoms. The summed E-state index contributed by atoms with van der Waals surface area (Å²) in [5, 5.41) is 14.9. The van der Waals surface area contributed by atoms with Crippen LogP contribution in [-0.2, 0) is 4.79 Å². The number of aromatic nitrogens is 4. The predicted molar refractivity (Wildman–Crippen MR) is 97.7 cm³/mol. The third-order valence-electron chi connectivity index (χ3n) is 3.61. The number of nitrogens with zero attached hydrogens (tertiary/aromatic N) is 4. The van der Waals surface area contributed by atoms with E-state index in [1.807, 2.05) is 13.0 Å². The quantitative estimate of drug-likeness (QED) is 0.697. The summed E-state index contributed by atoms with van der Waals surface area (Å²) in [5.41, 5.74) is 1.51. The van der Waals surface area contributed by atoms with Gasteiger partial charge in [0.25, 0.3) is 5.91 Å². The van der Waals surface area contributed by atoms with E-state index in [0.29, 0.717) is 15.8 Å². The van der Waals surface area contributed by atoms with Crippen molar-refractivity contribution < 1.29 is 9.53 Å². The number of carbonyl (C=O) groups is 1. The lowest BCUT2D eigenvalue weighted by molar-refractivity contribution is -0.123. The van der Waals surface area contributed by atoms with Crippen molar-refractivity contribution in [2.24, 2.45) is 0 Å². The Morgan fingerprint density at radius 1 is 1.27 bits per heavy atom. The first-order valence-corrected chi connectivity index (χ1v) is 8.49. The molecule has 0 fully saturated rings. The van der Waals surface area contributed by atoms with Gasteiger partial charge < -0.3 is 10.1 Å². The number of halogens is 2. The van der Waals surface area contributed by atoms with Gasteiger partial charge in [0.05, 0.1) is 11.7 Å². The van der Waals surface area contributed by atoms with Crippen LogP contribution in [0.25, 0.3) is 5.69 Å². The minimum absolute atomic E-state index is 0.130. The number of amides is 1. The van der Waals surface area contributed by atoms with Crippen LogP contribution in [0.4, 0.5) is 0 Å². The zero-order chi connectivity index (χ0) is 18.5. The van der Waals surface area contributed by atoms with Crippen LogP contribution in [0.1, 0.15) is 18.5 Å². The van der Waals surface area contributed by atoms with E-state index in [0.717, 1.165) is 11.3 Å². The molecule has 1 amide bonds. The van der Waals surface area contributed by atoms with Crippen molar-refractivity contribution in [1.29, 1.82) is 0 Å². The molecule has 0 aliphatic rings. The Labute approximate surface area is 159 Å². The Kier molecular flexibility index (Phi) is 5.70. The molecule has 0 saturated heterocycles. The molecule has 9 heteroatoms. The average molecular weight is 392 g/mol. The lowest BCUT2D eigenvalue weighted by Gasteiger charge is -2.16. The first kappa shape index (κ1) is 18.2. The Bertz CT molecular complexity index is 902. The topological polar surface area (TPSA) is 81.9 Å². The summed E-state index contributed by atoms with van der Waals surface area (Å²) in [6.07, 6.45) is 1.48. The normalized spacial score (nSPS) is 11.8. The molecule has 134 valence electrons. The van der Waals surface area contributed by atoms with Gasteiger partial charge in [-0.3, -0.25) is 4.79 Å². The lowest BCUT2D eigenvalue weighted by atomic mass is 10.1. The molecule has 1 atom stereocenters. The van der Waals surface area contributed by atoms with Crippen LogP contribution < -0.4 is 10.1 Å². The SMILES string of the molecule is C[C@H](NC(=O)COc1cccc(-n2cnnn2)c1)c1ccc(Cl)cc1Cl. The molecule has 7 nitrogen and oxygen atoms in total. The fraction of sp³-hybridized carbons (Fsp3) is 0.176. The van der Waals surface area contributed by atoms with E-state index < -0.39 is 0 Å². The second-order valence-electron chi connectivity index (χ2n) is 5.50. The van der Waals surface area contributed by atoms with Crippen molar-refractivity contribution in [3.05, 3.63) is 64.4 Å². The van der Waals surface area contributed by atoms with Crippen molar-refractivity contribution >= 4 is 29.1 Å². The first-order valence-electron chi connectivity index (χ1n) is 7.73. The Morgan fingerprint density at radius 3 is 2.85 bits per heavy atom. The molecule has 1 heterocycles. The fourth-order valence-electron chi connectivity index (χ4n) is 2.36. The van der Waals surface area contributed by atoms with Crippen LogP contribution in [0.5, 0.6) is 5.75 Å². The number of tetrazole rings is 1. The third-order valence-corrected chi connectivity index (χ3v) is 4.17. The van der Waals surface area contributed by atoms with Crippen molar-refractivity contribution in [3.63, 3.8) is 0 Å². The van der Waals surface area contributed by atoms with E-state index in [4.69, 9.17) is 27.9 Å². The highest BCUT2D eigenvalue weighted by molar-refractivity contribution is 6.35. The van der Waals surface area contributed by atoms with E-state index in [9.17, 15) is 4.79 Å². The van der Waals surface area contributed by atoms with Crippen LogP contribution in [-0.4, -0.2) is 32.7 Å². The zero-order valence-corrected chi connectivity index (χ0v) is 15.3. The number of nitrogens with one attached hydrogen (secondary N) is 1. The van der Waals surface area contributed by atoms with Crippen molar-refractivity contribution in [3.8, 4) is 11.4 Å². The molecule has 0 unspecified atom stereocenters. The van der Waals surface area contributed by atoms with Crippen molar-refractivity contribution in [2.45, 2.75) is 13.0 Å². The van der Waals surface area contributed by atoms with E-state index >= 15 is 0 Å². The molecular weight excluding hydrogens is 377 g/mol. The van der Waals surface area contributed by atoms with Crippen LogP contribution in [0, 0.1) is 0 Å². The molecular formula is C17H15Cl2N5O2. The Hall–Kier alpha value is -2.64. The molecule has 0 radical (unpaired) electrons. The Balaban J connectivity index is 1.58. The summed E-state index contributed by atoms with van der Waals surface area (Å²) in [6.45, 7) is 1.71. The van der Waals surface area contributed by atoms with Gasteiger partial charge in [0.1, 0.15) is 12.1 Å². The number of benzene rings is 2. The van der Waals surface area contributed by atoms with Gasteiger partial charge in [-0.1, -0.05) is 35.3 Å². The van der Waals surface area contributed by atoms with E-state index in [1.165, 1.54) is 11.0 Å². The van der Waals surface area contributed by atoms with Gasteiger partial charge in [-0.2, -0.15) is 0 Å². The molecule has 0 saturated carbocycles. The zero-order valence-electron chi connectivity index (χ0n) is 13.8. The standard InChI is InChI=1S/C17H15Cl2N5O2/c1-11(15-6-5-12(18)7-16(15)19)21-17(25)9-26-14-4-2-3-13(8-14)24-10-20-22-23-24/h2-8,10-11H,9H2,1H3,(H,21,25)/t11-/m0/s1. The highest BCUT2D eigenvalue weighted by Gasteiger charge is 2.13. The molecule has 0 aliphatic heterocycles. The minimum atomic E-state index is -0.275. The second kappa shape index (κ2) is 8.16. The monoisotopic (exact) mass is 391 g/mol. The van der Waals surface area contributed by atoms with Gasteiger partial charge in [0.15, 0.2) is 6.61 Å². The van der Waals surface area contributed by atoms with Crippen LogP contribution in [0.2, 0.25) is 10.0 Å². The number of carbonyl (C=O) groups excluding carboxylic acids is 1. The molecule has 0 aliphatic carbocycles. The summed E-state index contributed by atoms with van der Waals surface area (Å²) >= 11 is 12.1. The summed E-state index contributed by atoms with van der Waals surface area (Å²) in [7, 11) is 0. The largest absolute Gasteiger partial charge is 0.484 e. The predicted octanol–water partition coefficient (Wildman–Crippen LogP) is 3.23. The van der Waals surface area contributed by atoms with Gasteiger partial charge in [-0.05, 0) is 47.2 Å². The van der Waals surface area contributed by atoms with Crippen LogP contribution in [0.3, 0.4) is 0 Å². The summed E-state index contributed by atoms with van der Waals surface area (Å²) in [4.78, 5) is 12.1. The highest BCUT2D eigenvalue weighted by Crippen LogP contribution is 2.26. The summed E-state index contributed by atoms with van der Waals surface area (Å²) in [6, 6.07) is 12.0. The molecule has 26 heavy (non-hydrogen) atoms. The fourth-order valence-corrected chi connectivity index (χ4v) is 2.93. The molecule has 2 aromatic carbocycles. The molecule has 3 rings (SSSR count). The van der Waals surface area contributed by atoms with Gasteiger partial charge in [-0.15, -0.1) is 5.10 Å². The molecule has 1 N–H and O–H groups in total. The minimum Gasteiger partial charge on any atom is -0.484 e. The van der Waals surface area contributed by atoms with E-state index in [-0.39, 0.29) is 18.6 Å². The lowest BCUT2D eigenvalue weighted by Crippen LogP contribution is -2.31. The van der Waals surface area contributed by atoms with Gasteiger partial charge >= 0.3 is 0 Å². The smallest absolute Gasteiger partial charge is 0.258 e. The van der Waals surface area contributed by atoms with Gasteiger partial charge in [0, 0.05) is 16.1 Å². The summed E-state index contributed by atoms with van der Waals surface area (Å²) < 4.78 is 7.04. The second-order valence-corrected chi connectivity index (χ2v) is 6.34. The number of hydrogen-bond donors (Lipinski definition) is 1. The first-order chi connectivity index (χ1) is 12.5. The van der Waals surface area contributed by atoms with Crippen molar-refractivity contribution in [2.75, 3.05) is 6.61 Å². The maximum absolute atomic E-state index is 12.1. The molecule has 0 bridgehead atoms. The summed E-state index contributed by atoms with van der Waals surface area (Å²) in [5.74, 6) is 0.265. The highest BCUT2D eigenvalue weighted by atomic mass is 35.5. The Morgan fingerprint density at radius 2 is 2.12 bits per heavy atom. The number of rotatable bonds is 6. The molecule has 1 aromatic heterocycles. The van der Waals surface area contributed by atoms with Gasteiger partial charge in [-0.25, -0.2) is 4.68 Å². The molecule has 3 aromatic rings. The third kappa shape index (κ3) is 4.50. The maximum Gasteiger partial charge on any atom is 0.258 e. The van der Waals surface area contributed by atoms with Crippen LogP contribution in [0.15, 0.2) is 48.8 Å². The van der Waals surface area contributed by atoms with E-state index in [1.54, 1.807) is 36.4 Å². The number of ether oxygens (including phenoxy) is 1. The van der Waals surface area contributed by atoms with Crippen molar-refractivity contribution in [1.82, 2.24) is 25.5 Å². The van der Waals surface area contributed by atoms with E-state index in [2.05, 4.69) is 20.8 Å². The van der Waals surface area contributed by atoms with Crippen LogP contribution >= 0.6 is 23.2 Å². The maximum atomic E-state index is 12.1. The number of hydrogen-bond acceptors (Lipinski definition) is 5.